The lowest BCUT2D eigenvalue weighted by Gasteiger charge is -2.17. The van der Waals surface area contributed by atoms with Crippen LogP contribution in [0.5, 0.6) is 11.5 Å². The summed E-state index contributed by atoms with van der Waals surface area (Å²) < 4.78 is 10.8. The van der Waals surface area contributed by atoms with Crippen LogP contribution < -0.4 is 25.4 Å². The largest absolute Gasteiger partial charge is 0.494 e. The fourth-order valence-corrected chi connectivity index (χ4v) is 2.53. The Kier molecular flexibility index (Phi) is 7.19. The fourth-order valence-electron chi connectivity index (χ4n) is 2.53. The van der Waals surface area contributed by atoms with Crippen molar-refractivity contribution in [1.82, 2.24) is 5.32 Å². The van der Waals surface area contributed by atoms with Gasteiger partial charge in [-0.2, -0.15) is 0 Å². The fraction of sp³-hybridized carbons (Fsp3) is 0.300. The van der Waals surface area contributed by atoms with E-state index in [1.807, 2.05) is 13.0 Å². The van der Waals surface area contributed by atoms with Crippen molar-refractivity contribution in [3.8, 4) is 11.5 Å². The molecule has 144 valence electrons. The Morgan fingerprint density at radius 1 is 0.963 bits per heavy atom. The van der Waals surface area contributed by atoms with E-state index in [-0.39, 0.29) is 17.7 Å². The number of carbonyl (C=O) groups excluding carboxylic acids is 2. The Labute approximate surface area is 159 Å². The zero-order valence-electron chi connectivity index (χ0n) is 16.0. The predicted octanol–water partition coefficient (Wildman–Crippen LogP) is 2.75. The molecule has 27 heavy (non-hydrogen) atoms. The molecule has 0 aliphatic carbocycles. The van der Waals surface area contributed by atoms with Crippen molar-refractivity contribution in [2.24, 2.45) is 5.92 Å². The predicted molar refractivity (Wildman–Crippen MR) is 106 cm³/mol. The summed E-state index contributed by atoms with van der Waals surface area (Å²) in [6, 6.07) is 12.1. The minimum atomic E-state index is -0.268. The molecule has 3 N–H and O–H groups in total. The van der Waals surface area contributed by atoms with Crippen LogP contribution in [0.1, 0.15) is 17.3 Å². The Bertz CT molecular complexity index is 793. The van der Waals surface area contributed by atoms with Crippen LogP contribution in [0.15, 0.2) is 42.5 Å². The van der Waals surface area contributed by atoms with E-state index >= 15 is 0 Å². The maximum Gasteiger partial charge on any atom is 0.255 e. The van der Waals surface area contributed by atoms with Crippen LogP contribution in [-0.4, -0.2) is 39.6 Å². The highest BCUT2D eigenvalue weighted by Gasteiger charge is 2.18. The molecule has 0 bridgehead atoms. The van der Waals surface area contributed by atoms with E-state index in [0.29, 0.717) is 35.0 Å². The molecular weight excluding hydrogens is 346 g/mol. The molecule has 0 aliphatic heterocycles. The standard InChI is InChI=1S/C20H25N3O4/c1-13(12-21-2)19(24)22-15-10-18(27-4)16(11-17(15)26-3)23-20(25)14-8-6-5-7-9-14/h5-11,13,21H,12H2,1-4H3,(H,22,24)(H,23,25). The van der Waals surface area contributed by atoms with Gasteiger partial charge >= 0.3 is 0 Å². The topological polar surface area (TPSA) is 88.7 Å². The number of nitrogens with one attached hydrogen (secondary N) is 3. The van der Waals surface area contributed by atoms with Gasteiger partial charge in [-0.1, -0.05) is 25.1 Å². The summed E-state index contributed by atoms with van der Waals surface area (Å²) >= 11 is 0. The lowest BCUT2D eigenvalue weighted by molar-refractivity contribution is -0.119. The van der Waals surface area contributed by atoms with Crippen molar-refractivity contribution in [2.75, 3.05) is 38.4 Å². The molecule has 0 aliphatic rings. The van der Waals surface area contributed by atoms with Gasteiger partial charge in [-0.3, -0.25) is 9.59 Å². The van der Waals surface area contributed by atoms with Crippen molar-refractivity contribution in [3.05, 3.63) is 48.0 Å². The van der Waals surface area contributed by atoms with Gasteiger partial charge in [0.05, 0.1) is 25.6 Å². The highest BCUT2D eigenvalue weighted by molar-refractivity contribution is 6.05. The normalized spacial score (nSPS) is 11.4. The quantitative estimate of drug-likeness (QED) is 0.664. The average Bonchev–Trinajstić information content (AvgIpc) is 2.69. The lowest BCUT2D eigenvalue weighted by atomic mass is 10.1. The van der Waals surface area contributed by atoms with E-state index in [9.17, 15) is 9.59 Å². The molecule has 2 aromatic carbocycles. The molecule has 0 heterocycles. The third kappa shape index (κ3) is 5.21. The minimum Gasteiger partial charge on any atom is -0.494 e. The van der Waals surface area contributed by atoms with Crippen LogP contribution in [0.4, 0.5) is 11.4 Å². The Morgan fingerprint density at radius 3 is 2.04 bits per heavy atom. The zero-order valence-corrected chi connectivity index (χ0v) is 16.0. The first kappa shape index (κ1) is 20.3. The van der Waals surface area contributed by atoms with E-state index in [0.717, 1.165) is 0 Å². The highest BCUT2D eigenvalue weighted by Crippen LogP contribution is 2.36. The molecule has 7 heteroatoms. The van der Waals surface area contributed by atoms with Gasteiger partial charge in [-0.25, -0.2) is 0 Å². The molecular formula is C20H25N3O4. The average molecular weight is 371 g/mol. The summed E-state index contributed by atoms with van der Waals surface area (Å²) in [4.78, 5) is 24.7. The molecule has 0 saturated heterocycles. The van der Waals surface area contributed by atoms with Gasteiger partial charge in [0, 0.05) is 30.2 Å². The van der Waals surface area contributed by atoms with Crippen molar-refractivity contribution >= 4 is 23.2 Å². The van der Waals surface area contributed by atoms with E-state index in [4.69, 9.17) is 9.47 Å². The smallest absolute Gasteiger partial charge is 0.255 e. The van der Waals surface area contributed by atoms with Crippen LogP contribution in [0, 0.1) is 5.92 Å². The summed E-state index contributed by atoms with van der Waals surface area (Å²) in [5.74, 6) is 0.199. The van der Waals surface area contributed by atoms with Gasteiger partial charge in [0.2, 0.25) is 5.91 Å². The molecule has 2 rings (SSSR count). The zero-order chi connectivity index (χ0) is 19.8. The van der Waals surface area contributed by atoms with Crippen molar-refractivity contribution in [1.29, 1.82) is 0 Å². The molecule has 0 radical (unpaired) electrons. The van der Waals surface area contributed by atoms with Crippen LogP contribution in [0.2, 0.25) is 0 Å². The molecule has 7 nitrogen and oxygen atoms in total. The van der Waals surface area contributed by atoms with Crippen LogP contribution in [-0.2, 0) is 4.79 Å². The van der Waals surface area contributed by atoms with Crippen LogP contribution in [0.25, 0.3) is 0 Å². The van der Waals surface area contributed by atoms with Gasteiger partial charge in [-0.15, -0.1) is 0 Å². The number of anilines is 2. The van der Waals surface area contributed by atoms with Gasteiger partial charge in [0.1, 0.15) is 11.5 Å². The number of hydrogen-bond acceptors (Lipinski definition) is 5. The van der Waals surface area contributed by atoms with E-state index < -0.39 is 0 Å². The molecule has 2 aromatic rings. The van der Waals surface area contributed by atoms with Crippen LogP contribution in [0.3, 0.4) is 0 Å². The number of methoxy groups -OCH3 is 2. The summed E-state index contributed by atoms with van der Waals surface area (Å²) in [6.07, 6.45) is 0. The molecule has 2 amide bonds. The van der Waals surface area contributed by atoms with Gasteiger partial charge in [0.15, 0.2) is 0 Å². The number of amides is 2. The van der Waals surface area contributed by atoms with E-state index in [2.05, 4.69) is 16.0 Å². The highest BCUT2D eigenvalue weighted by atomic mass is 16.5. The third-order valence-corrected chi connectivity index (χ3v) is 4.02. The summed E-state index contributed by atoms with van der Waals surface area (Å²) in [5.41, 5.74) is 1.45. The Balaban J connectivity index is 2.27. The molecule has 0 spiro atoms. The first-order chi connectivity index (χ1) is 13.0. The number of ether oxygens (including phenoxy) is 2. The first-order valence-corrected chi connectivity index (χ1v) is 8.58. The first-order valence-electron chi connectivity index (χ1n) is 8.58. The second-order valence-electron chi connectivity index (χ2n) is 6.02. The summed E-state index contributed by atoms with van der Waals surface area (Å²) in [5, 5.41) is 8.61. The molecule has 0 aromatic heterocycles. The molecule has 1 atom stereocenters. The minimum absolute atomic E-state index is 0.147. The SMILES string of the molecule is CNCC(C)C(=O)Nc1cc(OC)c(NC(=O)c2ccccc2)cc1OC. The maximum atomic E-state index is 12.4. The van der Waals surface area contributed by atoms with Gasteiger partial charge in [-0.05, 0) is 19.2 Å². The number of hydrogen-bond donors (Lipinski definition) is 3. The van der Waals surface area contributed by atoms with Gasteiger partial charge < -0.3 is 25.4 Å². The monoisotopic (exact) mass is 371 g/mol. The molecule has 0 saturated carbocycles. The van der Waals surface area contributed by atoms with Crippen LogP contribution >= 0.6 is 0 Å². The summed E-state index contributed by atoms with van der Waals surface area (Å²) in [7, 11) is 4.78. The third-order valence-electron chi connectivity index (χ3n) is 4.02. The second kappa shape index (κ2) is 9.59. The van der Waals surface area contributed by atoms with Crippen molar-refractivity contribution < 1.29 is 19.1 Å². The van der Waals surface area contributed by atoms with Crippen molar-refractivity contribution in [2.45, 2.75) is 6.92 Å². The molecule has 1 unspecified atom stereocenters. The van der Waals surface area contributed by atoms with Gasteiger partial charge in [0.25, 0.3) is 5.91 Å². The Hall–Kier alpha value is -3.06. The number of carbonyl (C=O) groups is 2. The number of benzene rings is 2. The second-order valence-corrected chi connectivity index (χ2v) is 6.02. The number of rotatable bonds is 8. The maximum absolute atomic E-state index is 12.4. The van der Waals surface area contributed by atoms with E-state index in [1.165, 1.54) is 14.2 Å². The molecule has 0 fully saturated rings. The Morgan fingerprint density at radius 2 is 1.52 bits per heavy atom. The lowest BCUT2D eigenvalue weighted by Crippen LogP contribution is -2.28. The van der Waals surface area contributed by atoms with E-state index in [1.54, 1.807) is 43.4 Å². The summed E-state index contributed by atoms with van der Waals surface area (Å²) in [6.45, 7) is 2.38. The van der Waals surface area contributed by atoms with Crippen molar-refractivity contribution in [3.63, 3.8) is 0 Å².